The molecule has 5 rings (SSSR count). The van der Waals surface area contributed by atoms with Crippen LogP contribution in [0.15, 0.2) is 42.9 Å². The third kappa shape index (κ3) is 3.39. The second-order valence-electron chi connectivity index (χ2n) is 8.68. The lowest BCUT2D eigenvalue weighted by Gasteiger charge is -2.48. The molecule has 0 radical (unpaired) electrons. The molecule has 1 aromatic carbocycles. The van der Waals surface area contributed by atoms with Crippen molar-refractivity contribution < 1.29 is 0 Å². The molecule has 5 heteroatoms. The predicted octanol–water partition coefficient (Wildman–Crippen LogP) is 4.15. The highest BCUT2D eigenvalue weighted by Crippen LogP contribution is 2.41. The number of benzene rings is 1. The van der Waals surface area contributed by atoms with Crippen molar-refractivity contribution in [1.82, 2.24) is 19.9 Å². The molecular formula is C23H29N5. The zero-order chi connectivity index (χ0) is 19.0. The number of fused-ring (bicyclic) bond motifs is 1. The normalized spacial score (nSPS) is 20.1. The molecule has 146 valence electrons. The van der Waals surface area contributed by atoms with E-state index in [4.69, 9.17) is 0 Å². The zero-order valence-electron chi connectivity index (χ0n) is 16.7. The van der Waals surface area contributed by atoms with Crippen molar-refractivity contribution >= 4 is 16.7 Å². The van der Waals surface area contributed by atoms with Gasteiger partial charge in [-0.15, -0.1) is 0 Å². The summed E-state index contributed by atoms with van der Waals surface area (Å²) in [5.74, 6) is 1.03. The lowest BCUT2D eigenvalue weighted by molar-refractivity contribution is 0.0607. The Labute approximate surface area is 166 Å². The summed E-state index contributed by atoms with van der Waals surface area (Å²) in [6.45, 7) is 7.68. The van der Waals surface area contributed by atoms with Gasteiger partial charge in [-0.05, 0) is 56.2 Å². The number of piperidine rings is 2. The van der Waals surface area contributed by atoms with E-state index in [0.29, 0.717) is 5.41 Å². The van der Waals surface area contributed by atoms with Crippen molar-refractivity contribution in [3.8, 4) is 0 Å². The molecule has 1 N–H and O–H groups in total. The van der Waals surface area contributed by atoms with Crippen LogP contribution in [0.3, 0.4) is 0 Å². The Bertz CT molecular complexity index is 937. The van der Waals surface area contributed by atoms with Gasteiger partial charge < -0.3 is 9.88 Å². The Kier molecular flexibility index (Phi) is 4.55. The summed E-state index contributed by atoms with van der Waals surface area (Å²) in [4.78, 5) is 17.5. The fourth-order valence-electron chi connectivity index (χ4n) is 5.12. The number of nitrogens with zero attached hydrogens (tertiary/aromatic N) is 4. The van der Waals surface area contributed by atoms with E-state index in [0.717, 1.165) is 31.1 Å². The number of hydrogen-bond acceptors (Lipinski definition) is 4. The third-order valence-corrected chi connectivity index (χ3v) is 6.72. The van der Waals surface area contributed by atoms with Gasteiger partial charge in [0.15, 0.2) is 0 Å². The van der Waals surface area contributed by atoms with Gasteiger partial charge in [0.05, 0.1) is 18.1 Å². The number of aromatic amines is 1. The smallest absolute Gasteiger partial charge is 0.147 e. The summed E-state index contributed by atoms with van der Waals surface area (Å²) in [6.07, 6.45) is 11.2. The third-order valence-electron chi connectivity index (χ3n) is 6.72. The minimum absolute atomic E-state index is 0.471. The van der Waals surface area contributed by atoms with E-state index in [-0.39, 0.29) is 0 Å². The van der Waals surface area contributed by atoms with Gasteiger partial charge in [0.1, 0.15) is 5.82 Å². The number of aromatic nitrogens is 3. The maximum atomic E-state index is 4.58. The van der Waals surface area contributed by atoms with Crippen molar-refractivity contribution in [2.75, 3.05) is 31.1 Å². The average Bonchev–Trinajstić information content (AvgIpc) is 3.13. The number of anilines is 1. The van der Waals surface area contributed by atoms with Crippen molar-refractivity contribution in [3.05, 3.63) is 54.1 Å². The minimum Gasteiger partial charge on any atom is -0.361 e. The van der Waals surface area contributed by atoms with Crippen LogP contribution >= 0.6 is 0 Å². The van der Waals surface area contributed by atoms with Gasteiger partial charge in [0.2, 0.25) is 0 Å². The van der Waals surface area contributed by atoms with Crippen LogP contribution in [0.25, 0.3) is 10.9 Å². The zero-order valence-corrected chi connectivity index (χ0v) is 16.7. The minimum atomic E-state index is 0.471. The molecule has 28 heavy (non-hydrogen) atoms. The van der Waals surface area contributed by atoms with E-state index in [1.807, 2.05) is 19.3 Å². The van der Waals surface area contributed by atoms with Crippen LogP contribution < -0.4 is 4.90 Å². The first-order valence-corrected chi connectivity index (χ1v) is 10.5. The predicted molar refractivity (Wildman–Crippen MR) is 113 cm³/mol. The molecule has 5 nitrogen and oxygen atoms in total. The van der Waals surface area contributed by atoms with Crippen LogP contribution in [0.1, 0.15) is 36.9 Å². The summed E-state index contributed by atoms with van der Waals surface area (Å²) in [7, 11) is 0. The van der Waals surface area contributed by atoms with Crippen LogP contribution in [0.4, 0.5) is 5.82 Å². The average molecular weight is 376 g/mol. The van der Waals surface area contributed by atoms with Crippen LogP contribution in [0.2, 0.25) is 0 Å². The first-order chi connectivity index (χ1) is 13.7. The molecule has 0 bridgehead atoms. The highest BCUT2D eigenvalue weighted by Gasteiger charge is 2.38. The van der Waals surface area contributed by atoms with Gasteiger partial charge in [-0.3, -0.25) is 9.88 Å². The number of rotatable bonds is 3. The fourth-order valence-corrected chi connectivity index (χ4v) is 5.12. The lowest BCUT2D eigenvalue weighted by Crippen LogP contribution is -2.49. The first kappa shape index (κ1) is 17.7. The summed E-state index contributed by atoms with van der Waals surface area (Å²) in [6, 6.07) is 8.65. The molecule has 2 saturated heterocycles. The second kappa shape index (κ2) is 7.21. The largest absolute Gasteiger partial charge is 0.361 e. The van der Waals surface area contributed by atoms with E-state index < -0.39 is 0 Å². The van der Waals surface area contributed by atoms with E-state index in [9.17, 15) is 0 Å². The molecule has 0 amide bonds. The van der Waals surface area contributed by atoms with Crippen molar-refractivity contribution in [3.63, 3.8) is 0 Å². The molecule has 3 aromatic rings. The topological polar surface area (TPSA) is 48.1 Å². The van der Waals surface area contributed by atoms with Crippen LogP contribution in [0.5, 0.6) is 0 Å². The van der Waals surface area contributed by atoms with Crippen molar-refractivity contribution in [1.29, 1.82) is 0 Å². The molecule has 0 unspecified atom stereocenters. The van der Waals surface area contributed by atoms with E-state index in [1.54, 1.807) is 0 Å². The summed E-state index contributed by atoms with van der Waals surface area (Å²) >= 11 is 0. The summed E-state index contributed by atoms with van der Waals surface area (Å²) in [5, 5.41) is 1.37. The van der Waals surface area contributed by atoms with E-state index in [1.165, 1.54) is 55.2 Å². The molecule has 4 heterocycles. The Morgan fingerprint density at radius 1 is 1.04 bits per heavy atom. The quantitative estimate of drug-likeness (QED) is 0.747. The number of nitrogens with one attached hydrogen (secondary N) is 1. The molecule has 0 saturated carbocycles. The van der Waals surface area contributed by atoms with E-state index >= 15 is 0 Å². The van der Waals surface area contributed by atoms with Gasteiger partial charge in [-0.2, -0.15) is 0 Å². The van der Waals surface area contributed by atoms with Crippen molar-refractivity contribution in [2.24, 2.45) is 5.41 Å². The Balaban J connectivity index is 1.25. The highest BCUT2D eigenvalue weighted by atomic mass is 15.2. The molecule has 0 aliphatic carbocycles. The number of aryl methyl sites for hydroxylation is 1. The first-order valence-electron chi connectivity index (χ1n) is 10.5. The molecule has 1 spiro atoms. The Morgan fingerprint density at radius 3 is 2.71 bits per heavy atom. The van der Waals surface area contributed by atoms with Gasteiger partial charge in [-0.1, -0.05) is 18.2 Å². The van der Waals surface area contributed by atoms with E-state index in [2.05, 4.69) is 55.2 Å². The summed E-state index contributed by atoms with van der Waals surface area (Å²) in [5.41, 5.74) is 4.13. The molecule has 2 fully saturated rings. The van der Waals surface area contributed by atoms with Crippen LogP contribution in [-0.4, -0.2) is 46.0 Å². The number of H-pyrrole nitrogens is 1. The maximum Gasteiger partial charge on any atom is 0.147 e. The fraction of sp³-hybridized carbons (Fsp3) is 0.478. The molecule has 0 atom stereocenters. The van der Waals surface area contributed by atoms with Gasteiger partial charge in [0.25, 0.3) is 0 Å². The van der Waals surface area contributed by atoms with Gasteiger partial charge in [-0.25, -0.2) is 4.98 Å². The van der Waals surface area contributed by atoms with Crippen molar-refractivity contribution in [2.45, 2.75) is 39.2 Å². The maximum absolute atomic E-state index is 4.58. The molecule has 2 aliphatic rings. The second-order valence-corrected chi connectivity index (χ2v) is 8.68. The van der Waals surface area contributed by atoms with Crippen LogP contribution in [0, 0.1) is 12.3 Å². The number of hydrogen-bond donors (Lipinski definition) is 1. The van der Waals surface area contributed by atoms with Gasteiger partial charge in [0, 0.05) is 43.3 Å². The Hall–Kier alpha value is -2.40. The lowest BCUT2D eigenvalue weighted by atomic mass is 9.72. The molecule has 2 aromatic heterocycles. The number of likely N-dealkylation sites (tertiary alicyclic amines) is 1. The monoisotopic (exact) mass is 375 g/mol. The number of para-hydroxylation sites is 1. The SMILES string of the molecule is Cc1cnc(N2CCC3(CCCN(Cc4c[nH]c5ccccc45)C3)CC2)cn1. The van der Waals surface area contributed by atoms with Crippen LogP contribution in [-0.2, 0) is 6.54 Å². The standard InChI is InChI=1S/C23H29N5/c1-18-13-26-22(15-24-18)28-11-8-23(9-12-28)7-4-10-27(17-23)16-19-14-25-21-6-3-2-5-20(19)21/h2-3,5-6,13-15,25H,4,7-12,16-17H2,1H3. The van der Waals surface area contributed by atoms with Gasteiger partial charge >= 0.3 is 0 Å². The Morgan fingerprint density at radius 2 is 1.89 bits per heavy atom. The highest BCUT2D eigenvalue weighted by molar-refractivity contribution is 5.82. The summed E-state index contributed by atoms with van der Waals surface area (Å²) < 4.78 is 0. The molecular weight excluding hydrogens is 346 g/mol. The molecule has 2 aliphatic heterocycles.